The van der Waals surface area contributed by atoms with Crippen molar-refractivity contribution in [2.24, 2.45) is 5.92 Å². The van der Waals surface area contributed by atoms with Crippen LogP contribution in [0.4, 0.5) is 0 Å². The Kier molecular flexibility index (Phi) is 4.50. The Morgan fingerprint density at radius 2 is 1.88 bits per heavy atom. The Balaban J connectivity index is 1.84. The van der Waals surface area contributed by atoms with Crippen LogP contribution in [0.5, 0.6) is 0 Å². The summed E-state index contributed by atoms with van der Waals surface area (Å²) in [4.78, 5) is 25.8. The summed E-state index contributed by atoms with van der Waals surface area (Å²) in [6.45, 7) is 2.04. The summed E-state index contributed by atoms with van der Waals surface area (Å²) < 4.78 is 0. The second-order valence-corrected chi connectivity index (χ2v) is 7.80. The van der Waals surface area contributed by atoms with Crippen molar-refractivity contribution in [3.63, 3.8) is 0 Å². The Labute approximate surface area is 162 Å². The number of hydrogen-bond donors (Lipinski definition) is 0. The Morgan fingerprint density at radius 1 is 1.08 bits per heavy atom. The number of benzene rings is 2. The molecule has 26 heavy (non-hydrogen) atoms. The number of halogens is 2. The number of rotatable bonds is 3. The van der Waals surface area contributed by atoms with E-state index >= 15 is 0 Å². The van der Waals surface area contributed by atoms with E-state index in [-0.39, 0.29) is 17.5 Å². The first-order valence-corrected chi connectivity index (χ1v) is 9.60. The van der Waals surface area contributed by atoms with Crippen LogP contribution in [0.15, 0.2) is 48.0 Å². The molecule has 2 aliphatic rings. The van der Waals surface area contributed by atoms with E-state index in [9.17, 15) is 9.59 Å². The molecule has 2 bridgehead atoms. The maximum atomic E-state index is 12.9. The number of carbonyl (C=O) groups excluding carboxylic acids is 2. The van der Waals surface area contributed by atoms with Gasteiger partial charge in [-0.05, 0) is 59.7 Å². The zero-order valence-electron chi connectivity index (χ0n) is 14.4. The molecule has 2 nitrogen and oxygen atoms in total. The lowest BCUT2D eigenvalue weighted by molar-refractivity contribution is -0.131. The third-order valence-corrected chi connectivity index (χ3v) is 6.01. The maximum absolute atomic E-state index is 12.9. The third kappa shape index (κ3) is 2.82. The van der Waals surface area contributed by atoms with Crippen molar-refractivity contribution >= 4 is 34.8 Å². The van der Waals surface area contributed by atoms with Gasteiger partial charge in [0.15, 0.2) is 11.6 Å². The lowest BCUT2D eigenvalue weighted by Crippen LogP contribution is -2.33. The molecule has 0 saturated heterocycles. The smallest absolute Gasteiger partial charge is 0.173 e. The monoisotopic (exact) mass is 384 g/mol. The summed E-state index contributed by atoms with van der Waals surface area (Å²) in [5.74, 6) is -0.692. The predicted octanol–water partition coefficient (Wildman–Crippen LogP) is 5.79. The minimum atomic E-state index is -0.677. The van der Waals surface area contributed by atoms with Crippen LogP contribution in [0.2, 0.25) is 10.0 Å². The molecule has 0 aromatic heterocycles. The standard InChI is InChI=1S/C22H18Cl2O2/c1-2-12-3-4-13(17-8-7-16(23)11-19(17)24)10-18(12)20-21(25)14-5-6-15(9-14)22(20)26/h3-5,7-8,10-11,15,20H,2,6,9H2,1H3/t15-,20?/m0/s1. The molecule has 2 atom stereocenters. The fraction of sp³-hybridized carbons (Fsp3) is 0.273. The minimum Gasteiger partial charge on any atom is -0.298 e. The lowest BCUT2D eigenvalue weighted by atomic mass is 9.74. The largest absolute Gasteiger partial charge is 0.298 e. The molecule has 0 aliphatic heterocycles. The van der Waals surface area contributed by atoms with E-state index in [1.54, 1.807) is 12.1 Å². The van der Waals surface area contributed by atoms with Crippen molar-refractivity contribution in [3.05, 3.63) is 69.2 Å². The topological polar surface area (TPSA) is 34.1 Å². The molecule has 4 rings (SSSR count). The van der Waals surface area contributed by atoms with Crippen molar-refractivity contribution < 1.29 is 9.59 Å². The van der Waals surface area contributed by atoms with Crippen molar-refractivity contribution in [3.8, 4) is 11.1 Å². The van der Waals surface area contributed by atoms with Gasteiger partial charge >= 0.3 is 0 Å². The van der Waals surface area contributed by atoms with Crippen LogP contribution in [-0.2, 0) is 16.0 Å². The summed E-state index contributed by atoms with van der Waals surface area (Å²) in [6, 6.07) is 11.3. The normalized spacial score (nSPS) is 21.9. The van der Waals surface area contributed by atoms with Gasteiger partial charge in [0.25, 0.3) is 0 Å². The van der Waals surface area contributed by atoms with Crippen LogP contribution in [0.3, 0.4) is 0 Å². The second kappa shape index (κ2) is 6.68. The molecule has 1 fully saturated rings. The summed E-state index contributed by atoms with van der Waals surface area (Å²) in [7, 11) is 0. The van der Waals surface area contributed by atoms with Crippen LogP contribution >= 0.6 is 23.2 Å². The SMILES string of the molecule is CCc1ccc(-c2ccc(Cl)cc2Cl)cc1C1C(=O)C2=CC[C@@H](C2)C1=O. The van der Waals surface area contributed by atoms with E-state index in [0.29, 0.717) is 22.9 Å². The first-order valence-electron chi connectivity index (χ1n) is 8.84. The van der Waals surface area contributed by atoms with Crippen molar-refractivity contribution in [2.75, 3.05) is 0 Å². The molecule has 2 aromatic carbocycles. The van der Waals surface area contributed by atoms with Gasteiger partial charge in [-0.2, -0.15) is 0 Å². The molecule has 0 heterocycles. The Bertz CT molecular complexity index is 959. The number of allylic oxidation sites excluding steroid dienone is 2. The average Bonchev–Trinajstić information content (AvgIpc) is 3.07. The number of carbonyl (C=O) groups is 2. The molecule has 0 N–H and O–H groups in total. The van der Waals surface area contributed by atoms with Gasteiger partial charge in [-0.25, -0.2) is 0 Å². The van der Waals surface area contributed by atoms with Crippen LogP contribution in [0, 0.1) is 5.92 Å². The second-order valence-electron chi connectivity index (χ2n) is 6.96. The quantitative estimate of drug-likeness (QED) is 0.627. The molecule has 0 amide bonds. The summed E-state index contributed by atoms with van der Waals surface area (Å²) in [6.07, 6.45) is 4.01. The van der Waals surface area contributed by atoms with Gasteiger partial charge in [-0.15, -0.1) is 0 Å². The minimum absolute atomic E-state index is 0.0298. The highest BCUT2D eigenvalue weighted by Gasteiger charge is 2.43. The summed E-state index contributed by atoms with van der Waals surface area (Å²) in [5.41, 5.74) is 4.41. The summed E-state index contributed by atoms with van der Waals surface area (Å²) >= 11 is 12.4. The molecule has 1 unspecified atom stereocenters. The zero-order valence-corrected chi connectivity index (χ0v) is 15.9. The lowest BCUT2D eigenvalue weighted by Gasteiger charge is -2.26. The molecule has 132 valence electrons. The Morgan fingerprint density at radius 3 is 2.62 bits per heavy atom. The van der Waals surface area contributed by atoms with Gasteiger partial charge < -0.3 is 0 Å². The summed E-state index contributed by atoms with van der Waals surface area (Å²) in [5, 5.41) is 1.13. The molecule has 4 heteroatoms. The predicted molar refractivity (Wildman–Crippen MR) is 105 cm³/mol. The van der Waals surface area contributed by atoms with Crippen molar-refractivity contribution in [1.29, 1.82) is 0 Å². The van der Waals surface area contributed by atoms with Gasteiger partial charge in [-0.3, -0.25) is 9.59 Å². The van der Waals surface area contributed by atoms with E-state index in [2.05, 4.69) is 0 Å². The highest BCUT2D eigenvalue weighted by Crippen LogP contribution is 2.42. The van der Waals surface area contributed by atoms with Crippen LogP contribution in [0.1, 0.15) is 36.8 Å². The highest BCUT2D eigenvalue weighted by molar-refractivity contribution is 6.36. The van der Waals surface area contributed by atoms with Gasteiger partial charge in [0.1, 0.15) is 5.92 Å². The zero-order chi connectivity index (χ0) is 18.4. The number of ketones is 2. The average molecular weight is 385 g/mol. The number of fused-ring (bicyclic) bond motifs is 2. The van der Waals surface area contributed by atoms with E-state index in [1.165, 1.54) is 0 Å². The third-order valence-electron chi connectivity index (χ3n) is 5.46. The molecular formula is C22H18Cl2O2. The van der Waals surface area contributed by atoms with Gasteiger partial charge in [0.2, 0.25) is 0 Å². The van der Waals surface area contributed by atoms with E-state index in [0.717, 1.165) is 34.2 Å². The molecular weight excluding hydrogens is 367 g/mol. The molecule has 2 aliphatic carbocycles. The molecule has 0 radical (unpaired) electrons. The highest BCUT2D eigenvalue weighted by atomic mass is 35.5. The molecule has 1 saturated carbocycles. The van der Waals surface area contributed by atoms with Crippen LogP contribution in [-0.4, -0.2) is 11.6 Å². The molecule has 0 spiro atoms. The maximum Gasteiger partial charge on any atom is 0.173 e. The van der Waals surface area contributed by atoms with E-state index < -0.39 is 5.92 Å². The number of Topliss-reactive ketones (excluding diaryl/α,β-unsaturated/α-hetero) is 2. The first-order chi connectivity index (χ1) is 12.5. The van der Waals surface area contributed by atoms with Gasteiger partial charge in [0.05, 0.1) is 0 Å². The fourth-order valence-electron chi connectivity index (χ4n) is 4.06. The van der Waals surface area contributed by atoms with Crippen molar-refractivity contribution in [1.82, 2.24) is 0 Å². The van der Waals surface area contributed by atoms with E-state index in [1.807, 2.05) is 37.3 Å². The number of aryl methyl sites for hydroxylation is 1. The molecule has 2 aromatic rings. The Hall–Kier alpha value is -1.90. The number of hydrogen-bond acceptors (Lipinski definition) is 2. The first kappa shape index (κ1) is 17.5. The van der Waals surface area contributed by atoms with Gasteiger partial charge in [-0.1, -0.05) is 54.4 Å². The van der Waals surface area contributed by atoms with Crippen LogP contribution in [0.25, 0.3) is 11.1 Å². The van der Waals surface area contributed by atoms with Gasteiger partial charge in [0, 0.05) is 21.5 Å². The van der Waals surface area contributed by atoms with Crippen molar-refractivity contribution in [2.45, 2.75) is 32.1 Å². The van der Waals surface area contributed by atoms with E-state index in [4.69, 9.17) is 23.2 Å². The van der Waals surface area contributed by atoms with Crippen LogP contribution < -0.4 is 0 Å². The fourth-order valence-corrected chi connectivity index (χ4v) is 4.57.